The van der Waals surface area contributed by atoms with Crippen LogP contribution >= 0.6 is 23.1 Å². The SMILES string of the molecule is C=C(C)CCC(C/C=C/[C@@H]1CCC(=O)[C@@H]1CCSc1nc(C(=O)O)cs1)O[Si](C)(C)C(C)(C)C. The molecule has 0 bridgehead atoms. The number of carboxylic acid groups (broad SMARTS) is 1. The summed E-state index contributed by atoms with van der Waals surface area (Å²) < 4.78 is 7.48. The average molecular weight is 524 g/mol. The summed E-state index contributed by atoms with van der Waals surface area (Å²) in [5.41, 5.74) is 1.27. The lowest BCUT2D eigenvalue weighted by Crippen LogP contribution is -2.43. The van der Waals surface area contributed by atoms with E-state index in [1.807, 2.05) is 0 Å². The molecule has 0 saturated heterocycles. The van der Waals surface area contributed by atoms with Gasteiger partial charge in [-0.3, -0.25) is 4.79 Å². The van der Waals surface area contributed by atoms with Gasteiger partial charge in [-0.15, -0.1) is 17.9 Å². The predicted molar refractivity (Wildman–Crippen MR) is 146 cm³/mol. The largest absolute Gasteiger partial charge is 0.476 e. The molecule has 1 aliphatic rings. The van der Waals surface area contributed by atoms with Crippen molar-refractivity contribution in [1.82, 2.24) is 4.98 Å². The zero-order chi connectivity index (χ0) is 25.5. The van der Waals surface area contributed by atoms with Gasteiger partial charge in [-0.25, -0.2) is 9.78 Å². The maximum Gasteiger partial charge on any atom is 0.355 e. The Hall–Kier alpha value is -1.22. The number of hydrogen-bond acceptors (Lipinski definition) is 6. The number of aromatic nitrogens is 1. The van der Waals surface area contributed by atoms with Crippen molar-refractivity contribution < 1.29 is 19.1 Å². The van der Waals surface area contributed by atoms with E-state index < -0.39 is 14.3 Å². The number of thioether (sulfide) groups is 1. The van der Waals surface area contributed by atoms with Crippen LogP contribution in [0.1, 0.15) is 76.7 Å². The second-order valence-corrected chi connectivity index (χ2v) is 17.8. The molecule has 0 aromatic carbocycles. The molecule has 0 spiro atoms. The molecular formula is C26H41NO4S2Si. The maximum absolute atomic E-state index is 12.5. The lowest BCUT2D eigenvalue weighted by molar-refractivity contribution is -0.121. The monoisotopic (exact) mass is 523 g/mol. The molecular weight excluding hydrogens is 483 g/mol. The number of allylic oxidation sites excluding steroid dienone is 2. The summed E-state index contributed by atoms with van der Waals surface area (Å²) in [5, 5.41) is 10.8. The van der Waals surface area contributed by atoms with Crippen molar-refractivity contribution in [2.45, 2.75) is 94.8 Å². The Kier molecular flexibility index (Phi) is 10.8. The van der Waals surface area contributed by atoms with Gasteiger partial charge in [0, 0.05) is 29.6 Å². The lowest BCUT2D eigenvalue weighted by Gasteiger charge is -2.39. The van der Waals surface area contributed by atoms with Crippen molar-refractivity contribution in [3.63, 3.8) is 0 Å². The molecule has 1 aliphatic carbocycles. The number of rotatable bonds is 13. The average Bonchev–Trinajstić information content (AvgIpc) is 3.33. The Bertz CT molecular complexity index is 888. The molecule has 190 valence electrons. The summed E-state index contributed by atoms with van der Waals surface area (Å²) in [6, 6.07) is 0. The molecule has 0 amide bonds. The quantitative estimate of drug-likeness (QED) is 0.163. The van der Waals surface area contributed by atoms with Gasteiger partial charge in [0.05, 0.1) is 0 Å². The highest BCUT2D eigenvalue weighted by molar-refractivity contribution is 8.01. The highest BCUT2D eigenvalue weighted by Gasteiger charge is 2.39. The van der Waals surface area contributed by atoms with Crippen LogP contribution in [0.3, 0.4) is 0 Å². The van der Waals surface area contributed by atoms with Gasteiger partial charge < -0.3 is 9.53 Å². The van der Waals surface area contributed by atoms with E-state index in [1.165, 1.54) is 16.9 Å². The van der Waals surface area contributed by atoms with Crippen molar-refractivity contribution in [2.75, 3.05) is 5.75 Å². The topological polar surface area (TPSA) is 76.5 Å². The second kappa shape index (κ2) is 12.7. The fourth-order valence-electron chi connectivity index (χ4n) is 3.87. The van der Waals surface area contributed by atoms with Crippen LogP contribution in [0.5, 0.6) is 0 Å². The molecule has 2 rings (SSSR count). The van der Waals surface area contributed by atoms with Gasteiger partial charge in [-0.05, 0) is 63.1 Å². The van der Waals surface area contributed by atoms with E-state index in [1.54, 1.807) is 17.1 Å². The second-order valence-electron chi connectivity index (χ2n) is 10.9. The Morgan fingerprint density at radius 1 is 1.44 bits per heavy atom. The van der Waals surface area contributed by atoms with E-state index in [0.29, 0.717) is 12.2 Å². The first-order valence-electron chi connectivity index (χ1n) is 12.1. The van der Waals surface area contributed by atoms with Crippen molar-refractivity contribution in [1.29, 1.82) is 0 Å². The molecule has 5 nitrogen and oxygen atoms in total. The molecule has 0 aliphatic heterocycles. The van der Waals surface area contributed by atoms with E-state index in [2.05, 4.69) is 64.5 Å². The molecule has 0 radical (unpaired) electrons. The molecule has 1 heterocycles. The molecule has 1 aromatic rings. The zero-order valence-electron chi connectivity index (χ0n) is 21.6. The van der Waals surface area contributed by atoms with Gasteiger partial charge in [0.2, 0.25) is 0 Å². The Morgan fingerprint density at radius 3 is 2.74 bits per heavy atom. The number of thiazole rings is 1. The van der Waals surface area contributed by atoms with E-state index in [9.17, 15) is 9.59 Å². The normalized spacial score (nSPS) is 20.2. The molecule has 8 heteroatoms. The van der Waals surface area contributed by atoms with Crippen molar-refractivity contribution >= 4 is 43.2 Å². The maximum atomic E-state index is 12.5. The fraction of sp³-hybridized carbons (Fsp3) is 0.654. The molecule has 1 fully saturated rings. The number of hydrogen-bond donors (Lipinski definition) is 1. The van der Waals surface area contributed by atoms with E-state index in [-0.39, 0.29) is 28.7 Å². The Balaban J connectivity index is 1.94. The van der Waals surface area contributed by atoms with Crippen LogP contribution in [-0.4, -0.2) is 42.0 Å². The third-order valence-electron chi connectivity index (χ3n) is 6.95. The van der Waals surface area contributed by atoms with Gasteiger partial charge in [0.15, 0.2) is 18.4 Å². The summed E-state index contributed by atoms with van der Waals surface area (Å²) in [5.74, 6) is 0.421. The summed E-state index contributed by atoms with van der Waals surface area (Å²) in [6.07, 6.45) is 9.80. The van der Waals surface area contributed by atoms with Gasteiger partial charge >= 0.3 is 5.97 Å². The lowest BCUT2D eigenvalue weighted by atomic mass is 9.92. The summed E-state index contributed by atoms with van der Waals surface area (Å²) >= 11 is 2.89. The molecule has 1 unspecified atom stereocenters. The van der Waals surface area contributed by atoms with Crippen LogP contribution in [-0.2, 0) is 9.22 Å². The van der Waals surface area contributed by atoms with Crippen molar-refractivity contribution in [2.24, 2.45) is 11.8 Å². The first kappa shape index (κ1) is 29.0. The number of carbonyl (C=O) groups excluding carboxylic acids is 1. The summed E-state index contributed by atoms with van der Waals surface area (Å²) in [4.78, 5) is 27.7. The van der Waals surface area contributed by atoms with Crippen LogP contribution in [0.4, 0.5) is 0 Å². The third-order valence-corrected chi connectivity index (χ3v) is 13.5. The number of aromatic carboxylic acids is 1. The van der Waals surface area contributed by atoms with Crippen LogP contribution in [0.2, 0.25) is 18.1 Å². The van der Waals surface area contributed by atoms with Crippen molar-refractivity contribution in [3.05, 3.63) is 35.4 Å². The fourth-order valence-corrected chi connectivity index (χ4v) is 7.16. The van der Waals surface area contributed by atoms with Gasteiger partial charge in [-0.2, -0.15) is 0 Å². The number of carboxylic acids is 1. The van der Waals surface area contributed by atoms with Crippen molar-refractivity contribution in [3.8, 4) is 0 Å². The van der Waals surface area contributed by atoms with E-state index >= 15 is 0 Å². The van der Waals surface area contributed by atoms with Crippen LogP contribution in [0.15, 0.2) is 34.0 Å². The first-order valence-corrected chi connectivity index (χ1v) is 16.9. The van der Waals surface area contributed by atoms with Crippen LogP contribution in [0.25, 0.3) is 0 Å². The Labute approximate surface area is 214 Å². The van der Waals surface area contributed by atoms with Gasteiger partial charge in [0.25, 0.3) is 0 Å². The molecule has 1 saturated carbocycles. The first-order chi connectivity index (χ1) is 15.8. The summed E-state index contributed by atoms with van der Waals surface area (Å²) in [6.45, 7) is 17.5. The minimum Gasteiger partial charge on any atom is -0.476 e. The van der Waals surface area contributed by atoms with Gasteiger partial charge in [0.1, 0.15) is 5.78 Å². The minimum atomic E-state index is -1.86. The van der Waals surface area contributed by atoms with E-state index in [4.69, 9.17) is 9.53 Å². The summed E-state index contributed by atoms with van der Waals surface area (Å²) in [7, 11) is -1.86. The third kappa shape index (κ3) is 8.77. The van der Waals surface area contributed by atoms with Gasteiger partial charge in [-0.1, -0.05) is 50.3 Å². The van der Waals surface area contributed by atoms with E-state index in [0.717, 1.165) is 42.2 Å². The Morgan fingerprint density at radius 2 is 2.15 bits per heavy atom. The number of nitrogens with zero attached hydrogens (tertiary/aromatic N) is 1. The molecule has 34 heavy (non-hydrogen) atoms. The highest BCUT2D eigenvalue weighted by Crippen LogP contribution is 2.39. The van der Waals surface area contributed by atoms with Crippen LogP contribution in [0, 0.1) is 11.8 Å². The predicted octanol–water partition coefficient (Wildman–Crippen LogP) is 7.61. The number of ketones is 1. The van der Waals surface area contributed by atoms with Crippen LogP contribution < -0.4 is 0 Å². The molecule has 1 aromatic heterocycles. The highest BCUT2D eigenvalue weighted by atomic mass is 32.2. The minimum absolute atomic E-state index is 0.0397. The smallest absolute Gasteiger partial charge is 0.355 e. The molecule has 3 atom stereocenters. The number of carbonyl (C=O) groups is 2. The molecule has 1 N–H and O–H groups in total. The standard InChI is InChI=1S/C26H41NO4S2Si/c1-18(2)11-13-20(31-34(6,7)26(3,4)5)10-8-9-19-12-14-23(28)21(19)15-16-32-25-27-22(17-33-25)24(29)30/h8-9,17,19-21H,1,10-16H2,2-7H3,(H,29,30)/b9-8+/t19-,20?,21-/m1/s1. The zero-order valence-corrected chi connectivity index (χ0v) is 24.2. The number of Topliss-reactive ketones (excluding diaryl/α,β-unsaturated/α-hetero) is 1.